The fraction of sp³-hybridized carbons (Fsp3) is 0.267. The molecule has 3 N–H and O–H groups in total. The largest absolute Gasteiger partial charge is 0.409 e. The number of aromatic nitrogens is 2. The summed E-state index contributed by atoms with van der Waals surface area (Å²) < 4.78 is 0. The van der Waals surface area contributed by atoms with Crippen molar-refractivity contribution in [2.75, 3.05) is 0 Å². The van der Waals surface area contributed by atoms with Crippen molar-refractivity contribution in [3.8, 4) is 0 Å². The maximum absolute atomic E-state index is 8.90. The predicted molar refractivity (Wildman–Crippen MR) is 84.1 cm³/mol. The highest BCUT2D eigenvalue weighted by Crippen LogP contribution is 2.30. The molecule has 21 heavy (non-hydrogen) atoms. The minimum absolute atomic E-state index is 0.0815. The molecule has 0 aliphatic carbocycles. The van der Waals surface area contributed by atoms with Gasteiger partial charge in [0.2, 0.25) is 0 Å². The van der Waals surface area contributed by atoms with Gasteiger partial charge in [-0.3, -0.25) is 0 Å². The number of hydrogen-bond donors (Lipinski definition) is 2. The molecule has 1 aromatic heterocycles. The molecule has 0 amide bonds. The quantitative estimate of drug-likeness (QED) is 0.299. The monoisotopic (exact) mass is 302 g/mol. The second-order valence-corrected chi connectivity index (χ2v) is 5.90. The standard InChI is InChI=1S/C15H18N4OS/c1-8-5-6-12(14(16)19-20)13(7-8)21-15-17-10(3)9(2)11(4)18-15/h5-7,20H,1-4H3,(H2,16,19). The average molecular weight is 302 g/mol. The highest BCUT2D eigenvalue weighted by molar-refractivity contribution is 7.99. The van der Waals surface area contributed by atoms with Gasteiger partial charge in [-0.2, -0.15) is 0 Å². The van der Waals surface area contributed by atoms with Gasteiger partial charge in [0.1, 0.15) is 0 Å². The first-order chi connectivity index (χ1) is 9.92. The van der Waals surface area contributed by atoms with Gasteiger partial charge in [0, 0.05) is 21.8 Å². The lowest BCUT2D eigenvalue weighted by atomic mass is 10.1. The molecule has 5 nitrogen and oxygen atoms in total. The molecule has 2 aromatic rings. The summed E-state index contributed by atoms with van der Waals surface area (Å²) in [6.07, 6.45) is 0. The lowest BCUT2D eigenvalue weighted by Gasteiger charge is -2.10. The smallest absolute Gasteiger partial charge is 0.192 e. The fourth-order valence-electron chi connectivity index (χ4n) is 1.86. The zero-order valence-corrected chi connectivity index (χ0v) is 13.3. The van der Waals surface area contributed by atoms with Crippen molar-refractivity contribution in [2.24, 2.45) is 10.9 Å². The number of amidine groups is 1. The summed E-state index contributed by atoms with van der Waals surface area (Å²) in [5, 5.41) is 12.6. The molecule has 0 atom stereocenters. The highest BCUT2D eigenvalue weighted by atomic mass is 32.2. The van der Waals surface area contributed by atoms with Crippen LogP contribution in [0.15, 0.2) is 33.4 Å². The van der Waals surface area contributed by atoms with Gasteiger partial charge in [0.05, 0.1) is 0 Å². The predicted octanol–water partition coefficient (Wildman–Crippen LogP) is 2.96. The van der Waals surface area contributed by atoms with Crippen LogP contribution in [0.3, 0.4) is 0 Å². The second kappa shape index (κ2) is 6.13. The van der Waals surface area contributed by atoms with Crippen molar-refractivity contribution in [3.63, 3.8) is 0 Å². The Balaban J connectivity index is 2.46. The normalized spacial score (nSPS) is 11.7. The van der Waals surface area contributed by atoms with E-state index in [1.165, 1.54) is 11.8 Å². The molecule has 110 valence electrons. The third-order valence-electron chi connectivity index (χ3n) is 3.33. The summed E-state index contributed by atoms with van der Waals surface area (Å²) in [5.74, 6) is 0.0815. The molecule has 0 aliphatic rings. The maximum atomic E-state index is 8.90. The van der Waals surface area contributed by atoms with Gasteiger partial charge >= 0.3 is 0 Å². The first-order valence-corrected chi connectivity index (χ1v) is 7.32. The third kappa shape index (κ3) is 3.33. The van der Waals surface area contributed by atoms with E-state index in [1.807, 2.05) is 45.9 Å². The molecule has 0 saturated carbocycles. The van der Waals surface area contributed by atoms with Gasteiger partial charge in [0.15, 0.2) is 11.0 Å². The first-order valence-electron chi connectivity index (χ1n) is 6.50. The zero-order chi connectivity index (χ0) is 15.6. The van der Waals surface area contributed by atoms with Crippen LogP contribution in [0.1, 0.15) is 28.1 Å². The molecule has 0 fully saturated rings. The van der Waals surface area contributed by atoms with Crippen molar-refractivity contribution >= 4 is 17.6 Å². The SMILES string of the molecule is Cc1ccc(C(N)=NO)c(Sc2nc(C)c(C)c(C)n2)c1. The molecule has 0 bridgehead atoms. The van der Waals surface area contributed by atoms with E-state index in [4.69, 9.17) is 10.9 Å². The fourth-order valence-corrected chi connectivity index (χ4v) is 2.95. The number of aryl methyl sites for hydroxylation is 3. The van der Waals surface area contributed by atoms with Gasteiger partial charge in [-0.1, -0.05) is 11.2 Å². The molecule has 1 heterocycles. The molecule has 2 rings (SSSR count). The van der Waals surface area contributed by atoms with Gasteiger partial charge in [-0.15, -0.1) is 0 Å². The third-order valence-corrected chi connectivity index (χ3v) is 4.26. The Labute approximate surface area is 128 Å². The molecule has 0 unspecified atom stereocenters. The second-order valence-electron chi connectivity index (χ2n) is 4.89. The van der Waals surface area contributed by atoms with E-state index in [1.54, 1.807) is 0 Å². The lowest BCUT2D eigenvalue weighted by Crippen LogP contribution is -2.14. The Morgan fingerprint density at radius 1 is 1.14 bits per heavy atom. The Hall–Kier alpha value is -2.08. The van der Waals surface area contributed by atoms with Crippen LogP contribution in [0.25, 0.3) is 0 Å². The highest BCUT2D eigenvalue weighted by Gasteiger charge is 2.12. The minimum Gasteiger partial charge on any atom is -0.409 e. The van der Waals surface area contributed by atoms with Crippen molar-refractivity contribution in [2.45, 2.75) is 37.7 Å². The number of oxime groups is 1. The van der Waals surface area contributed by atoms with Crippen molar-refractivity contribution in [3.05, 3.63) is 46.3 Å². The maximum Gasteiger partial charge on any atom is 0.192 e. The summed E-state index contributed by atoms with van der Waals surface area (Å²) in [4.78, 5) is 9.86. The van der Waals surface area contributed by atoms with Crippen LogP contribution in [0.4, 0.5) is 0 Å². The van der Waals surface area contributed by atoms with Crippen LogP contribution in [0, 0.1) is 27.7 Å². The number of hydrogen-bond acceptors (Lipinski definition) is 5. The van der Waals surface area contributed by atoms with E-state index in [9.17, 15) is 0 Å². The average Bonchev–Trinajstić information content (AvgIpc) is 2.44. The topological polar surface area (TPSA) is 84.4 Å². The molecule has 6 heteroatoms. The Morgan fingerprint density at radius 3 is 2.33 bits per heavy atom. The summed E-state index contributed by atoms with van der Waals surface area (Å²) in [5.41, 5.74) is 10.5. The lowest BCUT2D eigenvalue weighted by molar-refractivity contribution is 0.318. The summed E-state index contributed by atoms with van der Waals surface area (Å²) in [6.45, 7) is 7.93. The number of nitrogens with zero attached hydrogens (tertiary/aromatic N) is 3. The summed E-state index contributed by atoms with van der Waals surface area (Å²) in [6, 6.07) is 5.73. The van der Waals surface area contributed by atoms with E-state index in [2.05, 4.69) is 15.1 Å². The molecule has 0 spiro atoms. The molecule has 0 aliphatic heterocycles. The molecular weight excluding hydrogens is 284 g/mol. The van der Waals surface area contributed by atoms with Crippen LogP contribution >= 0.6 is 11.8 Å². The van der Waals surface area contributed by atoms with Crippen LogP contribution < -0.4 is 5.73 Å². The van der Waals surface area contributed by atoms with Gasteiger partial charge in [-0.25, -0.2) is 9.97 Å². The molecule has 0 radical (unpaired) electrons. The van der Waals surface area contributed by atoms with Crippen LogP contribution in [0.5, 0.6) is 0 Å². The van der Waals surface area contributed by atoms with E-state index in [0.29, 0.717) is 10.7 Å². The van der Waals surface area contributed by atoms with Crippen molar-refractivity contribution in [1.82, 2.24) is 9.97 Å². The van der Waals surface area contributed by atoms with Gasteiger partial charge in [-0.05, 0) is 62.7 Å². The van der Waals surface area contributed by atoms with E-state index in [0.717, 1.165) is 27.4 Å². The van der Waals surface area contributed by atoms with Crippen molar-refractivity contribution < 1.29 is 5.21 Å². The number of benzene rings is 1. The van der Waals surface area contributed by atoms with Crippen molar-refractivity contribution in [1.29, 1.82) is 0 Å². The zero-order valence-electron chi connectivity index (χ0n) is 12.5. The Kier molecular flexibility index (Phi) is 4.47. The first kappa shape index (κ1) is 15.3. The molecular formula is C15H18N4OS. The van der Waals surface area contributed by atoms with E-state index < -0.39 is 0 Å². The minimum atomic E-state index is 0.0815. The van der Waals surface area contributed by atoms with Gasteiger partial charge in [0.25, 0.3) is 0 Å². The number of rotatable bonds is 3. The van der Waals surface area contributed by atoms with E-state index >= 15 is 0 Å². The summed E-state index contributed by atoms with van der Waals surface area (Å²) >= 11 is 1.41. The Morgan fingerprint density at radius 2 is 1.76 bits per heavy atom. The Bertz CT molecular complexity index is 690. The molecule has 1 aromatic carbocycles. The van der Waals surface area contributed by atoms with E-state index in [-0.39, 0.29) is 5.84 Å². The summed E-state index contributed by atoms with van der Waals surface area (Å²) in [7, 11) is 0. The van der Waals surface area contributed by atoms with Gasteiger partial charge < -0.3 is 10.9 Å². The molecule has 0 saturated heterocycles. The van der Waals surface area contributed by atoms with Crippen LogP contribution in [0.2, 0.25) is 0 Å². The van der Waals surface area contributed by atoms with Crippen LogP contribution in [-0.2, 0) is 0 Å². The number of nitrogens with two attached hydrogens (primary N) is 1. The van der Waals surface area contributed by atoms with Crippen LogP contribution in [-0.4, -0.2) is 21.0 Å².